The zero-order chi connectivity index (χ0) is 11.1. The molecule has 4 nitrogen and oxygen atoms in total. The van der Waals surface area contributed by atoms with E-state index >= 15 is 0 Å². The van der Waals surface area contributed by atoms with Crippen molar-refractivity contribution in [2.75, 3.05) is 0 Å². The highest BCUT2D eigenvalue weighted by molar-refractivity contribution is 8.06. The van der Waals surface area contributed by atoms with Gasteiger partial charge in [-0.15, -0.1) is 0 Å². The van der Waals surface area contributed by atoms with Crippen molar-refractivity contribution >= 4 is 23.3 Å². The number of hydrogen-bond donors (Lipinski definition) is 0. The number of aromatic nitrogens is 1. The Bertz CT molecular complexity index is 656. The van der Waals surface area contributed by atoms with Crippen LogP contribution in [-0.2, 0) is 11.0 Å². The Morgan fingerprint density at radius 2 is 2.19 bits per heavy atom. The molecule has 0 radical (unpaired) electrons. The van der Waals surface area contributed by atoms with Crippen molar-refractivity contribution in [1.29, 1.82) is 0 Å². The standard InChI is InChI=1S/C11H10NO3P/c1-5(2)3-6-7(12-4-14-6)8-9-10-11(15-8)16(9,10)13/h4-5H,3H2,1-2H3. The molecular formula is C11H10NO3P. The Morgan fingerprint density at radius 3 is 2.75 bits per heavy atom. The zero-order valence-corrected chi connectivity index (χ0v) is 9.88. The van der Waals surface area contributed by atoms with Gasteiger partial charge in [0.25, 0.3) is 0 Å². The van der Waals surface area contributed by atoms with E-state index in [1.165, 1.54) is 6.39 Å². The van der Waals surface area contributed by atoms with Gasteiger partial charge in [0.15, 0.2) is 17.7 Å². The minimum absolute atomic E-state index is 0.498. The van der Waals surface area contributed by atoms with Crippen LogP contribution in [0.25, 0.3) is 11.5 Å². The molecule has 2 bridgehead atoms. The first-order chi connectivity index (χ1) is 7.64. The van der Waals surface area contributed by atoms with E-state index in [1.54, 1.807) is 0 Å². The largest absolute Gasteiger partial charge is 0.449 e. The van der Waals surface area contributed by atoms with Gasteiger partial charge in [-0.05, 0) is 5.92 Å². The summed E-state index contributed by atoms with van der Waals surface area (Å²) in [4.78, 5) is 4.18. The Labute approximate surface area is 92.0 Å². The van der Waals surface area contributed by atoms with Crippen LogP contribution in [0.1, 0.15) is 19.6 Å². The second-order valence-electron chi connectivity index (χ2n) is 4.76. The molecule has 5 rings (SSSR count). The third-order valence-corrected chi connectivity index (χ3v) is 5.66. The zero-order valence-electron chi connectivity index (χ0n) is 8.98. The van der Waals surface area contributed by atoms with Crippen molar-refractivity contribution in [2.24, 2.45) is 5.92 Å². The van der Waals surface area contributed by atoms with Crippen molar-refractivity contribution in [3.63, 3.8) is 0 Å². The fourth-order valence-corrected chi connectivity index (χ4v) is 4.71. The maximum absolute atomic E-state index is 11.8. The summed E-state index contributed by atoms with van der Waals surface area (Å²) >= 11 is 0. The van der Waals surface area contributed by atoms with Crippen LogP contribution in [0.5, 0.6) is 0 Å². The van der Waals surface area contributed by atoms with Crippen molar-refractivity contribution < 1.29 is 13.4 Å². The van der Waals surface area contributed by atoms with Crippen molar-refractivity contribution in [3.8, 4) is 11.5 Å². The summed E-state index contributed by atoms with van der Waals surface area (Å²) in [5, 5.41) is 1.89. The minimum Gasteiger partial charge on any atom is -0.449 e. The molecule has 5 heterocycles. The van der Waals surface area contributed by atoms with Gasteiger partial charge in [-0.1, -0.05) is 13.8 Å². The Hall–Kier alpha value is -1.28. The van der Waals surface area contributed by atoms with Crippen LogP contribution in [0.4, 0.5) is 0 Å². The monoisotopic (exact) mass is 235 g/mol. The average Bonchev–Trinajstić information content (AvgIpc) is 2.77. The number of hydrogen-bond acceptors (Lipinski definition) is 4. The fraction of sp³-hybridized carbons (Fsp3) is 0.364. The maximum atomic E-state index is 11.8. The van der Waals surface area contributed by atoms with E-state index in [9.17, 15) is 4.57 Å². The van der Waals surface area contributed by atoms with E-state index in [0.717, 1.165) is 34.0 Å². The van der Waals surface area contributed by atoms with E-state index in [-0.39, 0.29) is 0 Å². The second-order valence-corrected chi connectivity index (χ2v) is 7.28. The first-order valence-electron chi connectivity index (χ1n) is 5.35. The Morgan fingerprint density at radius 1 is 1.44 bits per heavy atom. The first-order valence-corrected chi connectivity index (χ1v) is 7.06. The summed E-state index contributed by atoms with van der Waals surface area (Å²) in [6.45, 7) is 4.24. The summed E-state index contributed by atoms with van der Waals surface area (Å²) in [5.41, 5.74) is 1.46. The summed E-state index contributed by atoms with van der Waals surface area (Å²) in [7, 11) is -2.14. The lowest BCUT2D eigenvalue weighted by Crippen LogP contribution is -1.99. The summed E-state index contributed by atoms with van der Waals surface area (Å²) in [6, 6.07) is 0. The molecular weight excluding hydrogens is 225 g/mol. The molecule has 2 aromatic rings. The number of rotatable bonds is 3. The fourth-order valence-electron chi connectivity index (χ4n) is 2.23. The number of furan rings is 1. The Balaban J connectivity index is 1.80. The third kappa shape index (κ3) is 0.800. The molecule has 3 aliphatic rings. The van der Waals surface area contributed by atoms with E-state index in [1.807, 2.05) is 0 Å². The van der Waals surface area contributed by atoms with E-state index in [0.29, 0.717) is 11.7 Å². The predicted octanol–water partition coefficient (Wildman–Crippen LogP) is 1.40. The molecule has 0 aliphatic carbocycles. The van der Waals surface area contributed by atoms with Crippen molar-refractivity contribution in [1.82, 2.24) is 4.98 Å². The molecule has 2 aromatic heterocycles. The van der Waals surface area contributed by atoms with Crippen molar-refractivity contribution in [3.05, 3.63) is 12.2 Å². The van der Waals surface area contributed by atoms with Crippen LogP contribution < -0.4 is 16.1 Å². The topological polar surface area (TPSA) is 56.2 Å². The lowest BCUT2D eigenvalue weighted by Gasteiger charge is -2.01. The van der Waals surface area contributed by atoms with Gasteiger partial charge < -0.3 is 13.4 Å². The van der Waals surface area contributed by atoms with E-state index in [4.69, 9.17) is 8.83 Å². The molecule has 0 fully saturated rings. The molecule has 0 aromatic carbocycles. The molecule has 0 saturated carbocycles. The third-order valence-electron chi connectivity index (χ3n) is 3.11. The molecule has 82 valence electrons. The lowest BCUT2D eigenvalue weighted by molar-refractivity contribution is 0.469. The van der Waals surface area contributed by atoms with Crippen molar-refractivity contribution in [2.45, 2.75) is 20.3 Å². The van der Waals surface area contributed by atoms with Gasteiger partial charge in [-0.3, -0.25) is 0 Å². The molecule has 0 spiro atoms. The number of fused-ring (bicyclic) bond motifs is 1. The molecule has 5 heteroatoms. The highest BCUT2D eigenvalue weighted by Crippen LogP contribution is 2.70. The molecule has 1 unspecified atom stereocenters. The van der Waals surface area contributed by atoms with Crippen LogP contribution in [0, 0.1) is 5.92 Å². The first kappa shape index (κ1) is 8.82. The van der Waals surface area contributed by atoms with Gasteiger partial charge in [0.2, 0.25) is 7.14 Å². The van der Waals surface area contributed by atoms with E-state index < -0.39 is 7.14 Å². The van der Waals surface area contributed by atoms with Gasteiger partial charge >= 0.3 is 0 Å². The van der Waals surface area contributed by atoms with Crippen LogP contribution in [0.2, 0.25) is 0 Å². The van der Waals surface area contributed by atoms with Crippen LogP contribution >= 0.6 is 7.14 Å². The smallest absolute Gasteiger partial charge is 0.214 e. The van der Waals surface area contributed by atoms with E-state index in [2.05, 4.69) is 18.8 Å². The summed E-state index contributed by atoms with van der Waals surface area (Å²) in [6.07, 6.45) is 2.25. The van der Waals surface area contributed by atoms with Crippen LogP contribution in [0.3, 0.4) is 0 Å². The van der Waals surface area contributed by atoms with Gasteiger partial charge in [0, 0.05) is 6.42 Å². The maximum Gasteiger partial charge on any atom is 0.214 e. The lowest BCUT2D eigenvalue weighted by atomic mass is 10.1. The van der Waals surface area contributed by atoms with Crippen LogP contribution in [-0.4, -0.2) is 4.98 Å². The summed E-state index contributed by atoms with van der Waals surface area (Å²) < 4.78 is 22.7. The highest BCUT2D eigenvalue weighted by Gasteiger charge is 2.75. The number of nitrogens with zero attached hydrogens (tertiary/aromatic N) is 1. The highest BCUT2D eigenvalue weighted by atomic mass is 31.2. The quantitative estimate of drug-likeness (QED) is 0.503. The normalized spacial score (nSPS) is 23.7. The van der Waals surface area contributed by atoms with Gasteiger partial charge in [0.1, 0.15) is 11.5 Å². The second kappa shape index (κ2) is 2.35. The van der Waals surface area contributed by atoms with Gasteiger partial charge in [-0.2, -0.15) is 0 Å². The molecule has 1 atom stereocenters. The van der Waals surface area contributed by atoms with Gasteiger partial charge in [-0.25, -0.2) is 4.98 Å². The average molecular weight is 235 g/mol. The molecule has 16 heavy (non-hydrogen) atoms. The van der Waals surface area contributed by atoms with Crippen LogP contribution in [0.15, 0.2) is 15.2 Å². The SMILES string of the molecule is CC(C)Cc1ocnc1-c1oc2c3c1P23=O. The predicted molar refractivity (Wildman–Crippen MR) is 59.3 cm³/mol. The molecule has 0 N–H and O–H groups in total. The minimum atomic E-state index is -2.14. The molecule has 0 amide bonds. The molecule has 0 saturated heterocycles. The molecule has 3 aliphatic heterocycles. The number of oxazole rings is 1. The summed E-state index contributed by atoms with van der Waals surface area (Å²) in [5.74, 6) is 2.02. The Kier molecular flexibility index (Phi) is 1.30. The van der Waals surface area contributed by atoms with Gasteiger partial charge in [0.05, 0.1) is 10.6 Å².